The molecular formula is C23H28N4O4S. The normalized spacial score (nSPS) is 19.6. The van der Waals surface area contributed by atoms with E-state index >= 15 is 0 Å². The van der Waals surface area contributed by atoms with Crippen LogP contribution in [0.2, 0.25) is 0 Å². The average molecular weight is 457 g/mol. The molecule has 2 saturated carbocycles. The fourth-order valence-corrected chi connectivity index (χ4v) is 7.10. The lowest BCUT2D eigenvalue weighted by molar-refractivity contribution is 0.0724. The van der Waals surface area contributed by atoms with Crippen molar-refractivity contribution in [2.75, 3.05) is 13.1 Å². The van der Waals surface area contributed by atoms with Gasteiger partial charge < -0.3 is 10.2 Å². The standard InChI is InChI=1S/C23H28N4O4S/c1-15-3-5-16(6-4-15)13-24-21(28)19-18-9-12-27(22(29)20(18)26(2)25-19)14-23(10-11-23)32(30,31)17-7-8-17/h3-6,17H,7-14H2,1-2H3,(H,24,28). The van der Waals surface area contributed by atoms with E-state index in [2.05, 4.69) is 10.4 Å². The molecule has 0 radical (unpaired) electrons. The van der Waals surface area contributed by atoms with Crippen molar-refractivity contribution in [3.05, 3.63) is 52.3 Å². The number of carbonyl (C=O) groups excluding carboxylic acids is 2. The molecule has 0 spiro atoms. The van der Waals surface area contributed by atoms with E-state index in [0.717, 1.165) is 24.0 Å². The molecule has 1 aliphatic heterocycles. The zero-order chi connectivity index (χ0) is 22.7. The van der Waals surface area contributed by atoms with Gasteiger partial charge in [0.15, 0.2) is 15.5 Å². The number of fused-ring (bicyclic) bond motifs is 1. The molecule has 2 fully saturated rings. The van der Waals surface area contributed by atoms with Gasteiger partial charge >= 0.3 is 0 Å². The predicted molar refractivity (Wildman–Crippen MR) is 119 cm³/mol. The van der Waals surface area contributed by atoms with Crippen LogP contribution in [0.3, 0.4) is 0 Å². The lowest BCUT2D eigenvalue weighted by Gasteiger charge is -2.31. The second-order valence-electron chi connectivity index (χ2n) is 9.37. The van der Waals surface area contributed by atoms with Gasteiger partial charge in [-0.2, -0.15) is 5.10 Å². The molecule has 0 saturated heterocycles. The lowest BCUT2D eigenvalue weighted by Crippen LogP contribution is -2.46. The van der Waals surface area contributed by atoms with Gasteiger partial charge in [0.2, 0.25) is 0 Å². The van der Waals surface area contributed by atoms with E-state index in [4.69, 9.17) is 0 Å². The van der Waals surface area contributed by atoms with Crippen molar-refractivity contribution in [2.45, 2.75) is 55.6 Å². The molecule has 5 rings (SSSR count). The molecule has 1 aromatic heterocycles. The van der Waals surface area contributed by atoms with Gasteiger partial charge in [-0.15, -0.1) is 0 Å². The number of nitrogens with zero attached hydrogens (tertiary/aromatic N) is 3. The summed E-state index contributed by atoms with van der Waals surface area (Å²) >= 11 is 0. The second kappa shape index (κ2) is 7.43. The number of hydrogen-bond donors (Lipinski definition) is 1. The number of aryl methyl sites for hydroxylation is 2. The largest absolute Gasteiger partial charge is 0.347 e. The lowest BCUT2D eigenvalue weighted by atomic mass is 10.0. The van der Waals surface area contributed by atoms with Crippen LogP contribution in [0.15, 0.2) is 24.3 Å². The highest BCUT2D eigenvalue weighted by molar-refractivity contribution is 7.94. The molecule has 1 N–H and O–H groups in total. The smallest absolute Gasteiger partial charge is 0.272 e. The van der Waals surface area contributed by atoms with Gasteiger partial charge in [-0.3, -0.25) is 14.3 Å². The molecule has 2 amide bonds. The molecule has 0 atom stereocenters. The average Bonchev–Trinajstić information content (AvgIpc) is 3.67. The van der Waals surface area contributed by atoms with E-state index in [-0.39, 0.29) is 29.3 Å². The van der Waals surface area contributed by atoms with Gasteiger partial charge in [0.05, 0.1) is 10.00 Å². The minimum absolute atomic E-state index is 0.221. The SMILES string of the molecule is Cc1ccc(CNC(=O)c2nn(C)c3c2CCN(CC2(S(=O)(=O)C4CC4)CC2)C3=O)cc1. The Balaban J connectivity index is 1.31. The zero-order valence-electron chi connectivity index (χ0n) is 18.4. The maximum absolute atomic E-state index is 13.2. The van der Waals surface area contributed by atoms with Gasteiger partial charge in [0.1, 0.15) is 5.69 Å². The van der Waals surface area contributed by atoms with Gasteiger partial charge in [0.25, 0.3) is 11.8 Å². The number of nitrogens with one attached hydrogen (secondary N) is 1. The number of amides is 2. The zero-order valence-corrected chi connectivity index (χ0v) is 19.2. The van der Waals surface area contributed by atoms with Crippen molar-refractivity contribution < 1.29 is 18.0 Å². The summed E-state index contributed by atoms with van der Waals surface area (Å²) in [5.74, 6) is -0.547. The van der Waals surface area contributed by atoms with Crippen LogP contribution in [0, 0.1) is 6.92 Å². The highest BCUT2D eigenvalue weighted by Gasteiger charge is 2.60. The first-order valence-corrected chi connectivity index (χ1v) is 12.7. The van der Waals surface area contributed by atoms with Crippen LogP contribution in [0.5, 0.6) is 0 Å². The summed E-state index contributed by atoms with van der Waals surface area (Å²) in [7, 11) is -1.53. The number of sulfone groups is 1. The van der Waals surface area contributed by atoms with Crippen molar-refractivity contribution in [1.82, 2.24) is 20.0 Å². The van der Waals surface area contributed by atoms with Crippen LogP contribution in [-0.4, -0.2) is 58.0 Å². The van der Waals surface area contributed by atoms with E-state index in [9.17, 15) is 18.0 Å². The molecule has 32 heavy (non-hydrogen) atoms. The van der Waals surface area contributed by atoms with Crippen molar-refractivity contribution in [1.29, 1.82) is 0 Å². The second-order valence-corrected chi connectivity index (χ2v) is 12.0. The van der Waals surface area contributed by atoms with E-state index in [0.29, 0.717) is 43.6 Å². The summed E-state index contributed by atoms with van der Waals surface area (Å²) in [6.07, 6.45) is 3.22. The van der Waals surface area contributed by atoms with Crippen LogP contribution in [0.25, 0.3) is 0 Å². The number of aromatic nitrogens is 2. The van der Waals surface area contributed by atoms with Gasteiger partial charge in [-0.25, -0.2) is 8.42 Å². The van der Waals surface area contributed by atoms with Gasteiger partial charge in [0, 0.05) is 32.2 Å². The molecule has 0 unspecified atom stereocenters. The van der Waals surface area contributed by atoms with Crippen LogP contribution in [0.4, 0.5) is 0 Å². The molecule has 8 nitrogen and oxygen atoms in total. The molecule has 2 heterocycles. The summed E-state index contributed by atoms with van der Waals surface area (Å²) in [6, 6.07) is 7.92. The Bertz CT molecular complexity index is 1190. The fraction of sp³-hybridized carbons (Fsp3) is 0.522. The highest BCUT2D eigenvalue weighted by atomic mass is 32.2. The third kappa shape index (κ3) is 3.52. The van der Waals surface area contributed by atoms with Crippen molar-refractivity contribution >= 4 is 21.7 Å². The first kappa shape index (κ1) is 21.2. The quantitative estimate of drug-likeness (QED) is 0.684. The summed E-state index contributed by atoms with van der Waals surface area (Å²) in [5, 5.41) is 7.01. The Kier molecular flexibility index (Phi) is 4.92. The Labute approximate surface area is 187 Å². The third-order valence-electron chi connectivity index (χ3n) is 6.91. The monoisotopic (exact) mass is 456 g/mol. The van der Waals surface area contributed by atoms with Crippen LogP contribution in [-0.2, 0) is 29.9 Å². The molecule has 1 aromatic carbocycles. The molecule has 3 aliphatic rings. The number of rotatable bonds is 7. The van der Waals surface area contributed by atoms with Crippen LogP contribution in [0.1, 0.15) is 63.4 Å². The van der Waals surface area contributed by atoms with E-state index in [1.165, 1.54) is 4.68 Å². The first-order chi connectivity index (χ1) is 15.2. The molecule has 9 heteroatoms. The van der Waals surface area contributed by atoms with Crippen LogP contribution < -0.4 is 5.32 Å². The molecule has 170 valence electrons. The van der Waals surface area contributed by atoms with Crippen molar-refractivity contribution in [3.63, 3.8) is 0 Å². The molecule has 2 aliphatic carbocycles. The predicted octanol–water partition coefficient (Wildman–Crippen LogP) is 1.77. The molecular weight excluding hydrogens is 428 g/mol. The Morgan fingerprint density at radius 2 is 1.91 bits per heavy atom. The highest BCUT2D eigenvalue weighted by Crippen LogP contribution is 2.50. The number of benzene rings is 1. The Morgan fingerprint density at radius 3 is 2.53 bits per heavy atom. The minimum atomic E-state index is -3.19. The van der Waals surface area contributed by atoms with Crippen LogP contribution >= 0.6 is 0 Å². The first-order valence-electron chi connectivity index (χ1n) is 11.1. The number of hydrogen-bond acceptors (Lipinski definition) is 5. The molecule has 0 bridgehead atoms. The van der Waals surface area contributed by atoms with Gasteiger partial charge in [-0.05, 0) is 44.6 Å². The number of carbonyl (C=O) groups is 2. The summed E-state index contributed by atoms with van der Waals surface area (Å²) < 4.78 is 26.4. The molecule has 2 aromatic rings. The Hall–Kier alpha value is -2.68. The Morgan fingerprint density at radius 1 is 1.22 bits per heavy atom. The van der Waals surface area contributed by atoms with E-state index in [1.807, 2.05) is 31.2 Å². The minimum Gasteiger partial charge on any atom is -0.347 e. The third-order valence-corrected chi connectivity index (χ3v) is 10.0. The van der Waals surface area contributed by atoms with E-state index in [1.54, 1.807) is 11.9 Å². The topological polar surface area (TPSA) is 101 Å². The van der Waals surface area contributed by atoms with Gasteiger partial charge in [-0.1, -0.05) is 29.8 Å². The fourth-order valence-electron chi connectivity index (χ4n) is 4.63. The summed E-state index contributed by atoms with van der Waals surface area (Å²) in [5.41, 5.74) is 3.44. The maximum Gasteiger partial charge on any atom is 0.272 e. The maximum atomic E-state index is 13.2. The van der Waals surface area contributed by atoms with Crippen molar-refractivity contribution in [2.24, 2.45) is 7.05 Å². The summed E-state index contributed by atoms with van der Waals surface area (Å²) in [6.45, 7) is 3.03. The van der Waals surface area contributed by atoms with E-state index < -0.39 is 14.6 Å². The van der Waals surface area contributed by atoms with Crippen molar-refractivity contribution in [3.8, 4) is 0 Å². The summed E-state index contributed by atoms with van der Waals surface area (Å²) in [4.78, 5) is 27.7.